The van der Waals surface area contributed by atoms with Crippen molar-refractivity contribution in [3.8, 4) is 5.69 Å². The average Bonchev–Trinajstić information content (AvgIpc) is 2.87. The number of hydrogen-bond acceptors (Lipinski definition) is 3. The molecule has 0 fully saturated rings. The first-order valence-electron chi connectivity index (χ1n) is 6.69. The second-order valence-corrected chi connectivity index (χ2v) is 5.34. The van der Waals surface area contributed by atoms with Gasteiger partial charge in [0.05, 0.1) is 11.9 Å². The van der Waals surface area contributed by atoms with Crippen LogP contribution in [0.5, 0.6) is 0 Å². The SMILES string of the molecule is Cc1nc2ccccc2[n+]2[nH]n(-c3ccc(Cl)nc3)c(=O)c12. The molecule has 0 unspecified atom stereocenters. The zero-order valence-corrected chi connectivity index (χ0v) is 12.4. The van der Waals surface area contributed by atoms with Crippen LogP contribution in [0.2, 0.25) is 5.15 Å². The van der Waals surface area contributed by atoms with Crippen molar-refractivity contribution >= 4 is 28.2 Å². The first-order chi connectivity index (χ1) is 10.6. The van der Waals surface area contributed by atoms with E-state index in [9.17, 15) is 4.79 Å². The number of rotatable bonds is 1. The number of aromatic nitrogens is 5. The molecule has 6 nitrogen and oxygen atoms in total. The summed E-state index contributed by atoms with van der Waals surface area (Å²) in [5.41, 5.74) is 3.26. The van der Waals surface area contributed by atoms with Gasteiger partial charge in [-0.25, -0.2) is 14.8 Å². The van der Waals surface area contributed by atoms with Gasteiger partial charge >= 0.3 is 5.56 Å². The molecule has 0 amide bonds. The van der Waals surface area contributed by atoms with Crippen LogP contribution in [-0.2, 0) is 0 Å². The molecule has 0 aliphatic heterocycles. The number of halogens is 1. The van der Waals surface area contributed by atoms with E-state index in [-0.39, 0.29) is 5.56 Å². The third-order valence-electron chi connectivity index (χ3n) is 3.55. The molecule has 0 bridgehead atoms. The lowest BCUT2D eigenvalue weighted by atomic mass is 10.3. The maximum atomic E-state index is 12.7. The first-order valence-corrected chi connectivity index (χ1v) is 7.07. The number of aryl methyl sites for hydroxylation is 1. The van der Waals surface area contributed by atoms with Crippen molar-refractivity contribution in [3.05, 3.63) is 63.8 Å². The highest BCUT2D eigenvalue weighted by molar-refractivity contribution is 6.29. The normalized spacial score (nSPS) is 11.4. The molecule has 0 saturated heterocycles. The van der Waals surface area contributed by atoms with Crippen LogP contribution in [0.15, 0.2) is 47.4 Å². The fourth-order valence-electron chi connectivity index (χ4n) is 2.54. The summed E-state index contributed by atoms with van der Waals surface area (Å²) in [6, 6.07) is 11.0. The Balaban J connectivity index is 2.12. The Morgan fingerprint density at radius 3 is 2.82 bits per heavy atom. The number of nitrogens with zero attached hydrogens (tertiary/aromatic N) is 4. The number of nitrogens with one attached hydrogen (secondary N) is 1. The fraction of sp³-hybridized carbons (Fsp3) is 0.0667. The third-order valence-corrected chi connectivity index (χ3v) is 3.78. The molecule has 3 aromatic heterocycles. The van der Waals surface area contributed by atoms with Gasteiger partial charge in [-0.2, -0.15) is 0 Å². The molecule has 1 N–H and O–H groups in total. The fourth-order valence-corrected chi connectivity index (χ4v) is 2.66. The average molecular weight is 313 g/mol. The van der Waals surface area contributed by atoms with Crippen molar-refractivity contribution in [1.29, 1.82) is 0 Å². The maximum Gasteiger partial charge on any atom is 0.408 e. The van der Waals surface area contributed by atoms with Gasteiger partial charge < -0.3 is 0 Å². The Kier molecular flexibility index (Phi) is 2.74. The number of aromatic amines is 1. The van der Waals surface area contributed by atoms with Crippen LogP contribution in [0.4, 0.5) is 0 Å². The Labute approximate surface area is 129 Å². The van der Waals surface area contributed by atoms with E-state index in [4.69, 9.17) is 11.6 Å². The first kappa shape index (κ1) is 13.0. The number of benzene rings is 1. The van der Waals surface area contributed by atoms with Crippen LogP contribution < -0.4 is 10.1 Å². The van der Waals surface area contributed by atoms with Gasteiger partial charge in [0.2, 0.25) is 0 Å². The standard InChI is InChI=1S/C15H10ClN5O/c1-9-14-15(22)20(10-6-7-13(16)17-8-10)19-21(14)12-5-3-2-4-11(12)18-9/h2-8H,1H3/p+1. The Bertz CT molecular complexity index is 1070. The predicted molar refractivity (Wildman–Crippen MR) is 82.4 cm³/mol. The minimum absolute atomic E-state index is 0.181. The van der Waals surface area contributed by atoms with Gasteiger partial charge in [0.25, 0.3) is 5.52 Å². The molecule has 0 atom stereocenters. The highest BCUT2D eigenvalue weighted by atomic mass is 35.5. The molecule has 0 aliphatic rings. The Hall–Kier alpha value is -2.73. The van der Waals surface area contributed by atoms with Crippen LogP contribution in [0.3, 0.4) is 0 Å². The van der Waals surface area contributed by atoms with Crippen LogP contribution >= 0.6 is 11.6 Å². The number of pyridine rings is 1. The highest BCUT2D eigenvalue weighted by Crippen LogP contribution is 2.11. The van der Waals surface area contributed by atoms with Crippen molar-refractivity contribution in [2.75, 3.05) is 0 Å². The summed E-state index contributed by atoms with van der Waals surface area (Å²) < 4.78 is 3.17. The number of hydrogen-bond donors (Lipinski definition) is 1. The van der Waals surface area contributed by atoms with Gasteiger partial charge in [-0.05, 0) is 31.2 Å². The lowest BCUT2D eigenvalue weighted by Crippen LogP contribution is -2.27. The lowest BCUT2D eigenvalue weighted by Gasteiger charge is -1.96. The number of para-hydroxylation sites is 2. The van der Waals surface area contributed by atoms with E-state index in [1.54, 1.807) is 22.8 Å². The summed E-state index contributed by atoms with van der Waals surface area (Å²) in [6.45, 7) is 1.82. The van der Waals surface area contributed by atoms with Crippen molar-refractivity contribution in [1.82, 2.24) is 19.9 Å². The summed E-state index contributed by atoms with van der Waals surface area (Å²) in [7, 11) is 0. The summed E-state index contributed by atoms with van der Waals surface area (Å²) in [5, 5.41) is 3.46. The minimum Gasteiger partial charge on any atom is -0.244 e. The molecular formula is C15H11ClN5O+. The van der Waals surface area contributed by atoms with E-state index in [2.05, 4.69) is 15.2 Å². The van der Waals surface area contributed by atoms with Crippen molar-refractivity contribution < 1.29 is 4.52 Å². The molecule has 4 rings (SSSR count). The van der Waals surface area contributed by atoms with Gasteiger partial charge in [-0.1, -0.05) is 33.6 Å². The molecule has 22 heavy (non-hydrogen) atoms. The topological polar surface area (TPSA) is 67.7 Å². The monoisotopic (exact) mass is 312 g/mol. The predicted octanol–water partition coefficient (Wildman–Crippen LogP) is 1.81. The van der Waals surface area contributed by atoms with Crippen LogP contribution in [0.25, 0.3) is 22.2 Å². The van der Waals surface area contributed by atoms with E-state index in [0.29, 0.717) is 22.1 Å². The number of fused-ring (bicyclic) bond motifs is 3. The van der Waals surface area contributed by atoms with Gasteiger partial charge in [0, 0.05) is 0 Å². The second-order valence-electron chi connectivity index (χ2n) is 4.95. The smallest absolute Gasteiger partial charge is 0.244 e. The Morgan fingerprint density at radius 1 is 1.23 bits per heavy atom. The molecule has 7 heteroatoms. The second kappa shape index (κ2) is 4.64. The maximum absolute atomic E-state index is 12.7. The van der Waals surface area contributed by atoms with E-state index in [1.807, 2.05) is 31.2 Å². The summed E-state index contributed by atoms with van der Waals surface area (Å²) in [6.07, 6.45) is 1.55. The van der Waals surface area contributed by atoms with E-state index < -0.39 is 0 Å². The zero-order chi connectivity index (χ0) is 15.3. The Morgan fingerprint density at radius 2 is 2.05 bits per heavy atom. The molecule has 3 heterocycles. The van der Waals surface area contributed by atoms with E-state index >= 15 is 0 Å². The molecule has 0 aliphatic carbocycles. The van der Waals surface area contributed by atoms with Gasteiger partial charge in [-0.3, -0.25) is 0 Å². The van der Waals surface area contributed by atoms with Crippen molar-refractivity contribution in [3.63, 3.8) is 0 Å². The number of H-pyrrole nitrogens is 1. The quantitative estimate of drug-likeness (QED) is 0.430. The molecule has 0 saturated carbocycles. The van der Waals surface area contributed by atoms with Gasteiger partial charge in [0.15, 0.2) is 11.2 Å². The van der Waals surface area contributed by atoms with Gasteiger partial charge in [-0.15, -0.1) is 4.52 Å². The van der Waals surface area contributed by atoms with Crippen LogP contribution in [0.1, 0.15) is 5.69 Å². The zero-order valence-electron chi connectivity index (χ0n) is 11.6. The van der Waals surface area contributed by atoms with Crippen LogP contribution in [-0.4, -0.2) is 19.9 Å². The summed E-state index contributed by atoms with van der Waals surface area (Å²) in [4.78, 5) is 21.2. The summed E-state index contributed by atoms with van der Waals surface area (Å²) in [5.74, 6) is 0. The molecule has 1 aromatic carbocycles. The van der Waals surface area contributed by atoms with E-state index in [0.717, 1.165) is 11.0 Å². The molecular weight excluding hydrogens is 302 g/mol. The molecule has 0 radical (unpaired) electrons. The molecule has 108 valence electrons. The molecule has 4 aromatic rings. The van der Waals surface area contributed by atoms with E-state index in [1.165, 1.54) is 4.68 Å². The van der Waals surface area contributed by atoms with Crippen molar-refractivity contribution in [2.45, 2.75) is 6.92 Å². The van der Waals surface area contributed by atoms with Gasteiger partial charge in [0.1, 0.15) is 10.7 Å². The molecule has 0 spiro atoms. The largest absolute Gasteiger partial charge is 0.408 e. The third kappa shape index (κ3) is 1.81. The lowest BCUT2D eigenvalue weighted by molar-refractivity contribution is -0.556. The summed E-state index contributed by atoms with van der Waals surface area (Å²) >= 11 is 5.80. The van der Waals surface area contributed by atoms with Crippen LogP contribution in [0, 0.1) is 6.92 Å². The highest BCUT2D eigenvalue weighted by Gasteiger charge is 2.22. The minimum atomic E-state index is -0.181. The van der Waals surface area contributed by atoms with Crippen molar-refractivity contribution in [2.24, 2.45) is 0 Å².